The van der Waals surface area contributed by atoms with Crippen LogP contribution < -0.4 is 15.6 Å². The van der Waals surface area contributed by atoms with E-state index in [9.17, 15) is 29.1 Å². The first-order valence-corrected chi connectivity index (χ1v) is 14.1. The first-order chi connectivity index (χ1) is 19.0. The zero-order valence-corrected chi connectivity index (χ0v) is 22.7. The maximum atomic E-state index is 13.0. The molecule has 2 aliphatic rings. The first kappa shape index (κ1) is 32.4. The molecule has 0 aliphatic carbocycles. The monoisotopic (exact) mass is 633 g/mol. The van der Waals surface area contributed by atoms with Gasteiger partial charge in [0.1, 0.15) is 22.8 Å². The van der Waals surface area contributed by atoms with Gasteiger partial charge < -0.3 is 31.2 Å². The Morgan fingerprint density at radius 1 is 1.22 bits per heavy atom. The zero-order chi connectivity index (χ0) is 29.0. The van der Waals surface area contributed by atoms with E-state index in [-0.39, 0.29) is 69.8 Å². The quantitative estimate of drug-likeness (QED) is 0.0462. The predicted octanol–water partition coefficient (Wildman–Crippen LogP) is -1.21. The zero-order valence-electron chi connectivity index (χ0n) is 20.3. The minimum atomic E-state index is -1.32. The van der Waals surface area contributed by atoms with Crippen molar-refractivity contribution in [2.24, 2.45) is 5.16 Å². The molecule has 2 aromatic heterocycles. The van der Waals surface area contributed by atoms with Crippen LogP contribution in [0.15, 0.2) is 51.2 Å². The molecule has 0 unspecified atom stereocenters. The molecule has 6 N–H and O–H groups in total. The van der Waals surface area contributed by atoms with Gasteiger partial charge in [-0.3, -0.25) is 14.5 Å². The molecular weight excluding hydrogens is 611 g/mol. The van der Waals surface area contributed by atoms with E-state index < -0.39 is 47.7 Å². The number of fused-ring (bicyclic) bond motifs is 1. The van der Waals surface area contributed by atoms with Crippen LogP contribution in [0.3, 0.4) is 0 Å². The minimum absolute atomic E-state index is 0. The number of thioether (sulfide) groups is 2. The second-order valence-electron chi connectivity index (χ2n) is 8.18. The SMILES string of the molecule is Nc1nc(/C(=N/OCC(=O)O)C(=O)N[C@@H]2C(=O)N3C(C(=O)O)=C(CSc4cc[n+](CC(=O)O)cc4)CS[C@H]23)cs1.[NaH]. The van der Waals surface area contributed by atoms with Crippen molar-refractivity contribution in [3.05, 3.63) is 46.9 Å². The van der Waals surface area contributed by atoms with Gasteiger partial charge in [-0.05, 0) is 5.57 Å². The van der Waals surface area contributed by atoms with Crippen LogP contribution in [0.25, 0.3) is 0 Å². The molecule has 2 aliphatic heterocycles. The van der Waals surface area contributed by atoms with Crippen molar-refractivity contribution in [2.45, 2.75) is 22.9 Å². The third-order valence-electron chi connectivity index (χ3n) is 5.45. The van der Waals surface area contributed by atoms with Crippen LogP contribution in [0.1, 0.15) is 5.69 Å². The Bertz CT molecular complexity index is 1430. The number of hydrogen-bond acceptors (Lipinski definition) is 12. The summed E-state index contributed by atoms with van der Waals surface area (Å²) in [6.45, 7) is -1.00. The number of hydrogen-bond donors (Lipinski definition) is 5. The van der Waals surface area contributed by atoms with E-state index in [2.05, 4.69) is 15.5 Å². The summed E-state index contributed by atoms with van der Waals surface area (Å²) in [5.74, 6) is -4.54. The molecule has 0 spiro atoms. The number of nitrogens with zero attached hydrogens (tertiary/aromatic N) is 4. The summed E-state index contributed by atoms with van der Waals surface area (Å²) < 4.78 is 1.49. The van der Waals surface area contributed by atoms with Crippen molar-refractivity contribution >= 4 is 105 Å². The number of nitrogen functional groups attached to an aromatic ring is 1. The Hall–Kier alpha value is -3.16. The topological polar surface area (TPSA) is 226 Å². The number of rotatable bonds is 12. The third-order valence-corrected chi connectivity index (χ3v) is 8.56. The number of carboxylic acids is 3. The number of nitrogens with one attached hydrogen (secondary N) is 1. The number of carbonyl (C=O) groups is 5. The molecule has 0 radical (unpaired) electrons. The number of amides is 2. The van der Waals surface area contributed by atoms with Gasteiger partial charge in [-0.2, -0.15) is 4.57 Å². The fourth-order valence-corrected chi connectivity index (χ4v) is 6.65. The number of oxime groups is 1. The summed E-state index contributed by atoms with van der Waals surface area (Å²) in [5, 5.41) is 34.5. The fourth-order valence-electron chi connectivity index (χ4n) is 3.73. The summed E-state index contributed by atoms with van der Waals surface area (Å²) in [4.78, 5) is 70.3. The number of aliphatic carboxylic acids is 3. The van der Waals surface area contributed by atoms with Gasteiger partial charge in [-0.25, -0.2) is 19.4 Å². The normalized spacial score (nSPS) is 18.1. The predicted molar refractivity (Wildman–Crippen MR) is 148 cm³/mol. The van der Waals surface area contributed by atoms with E-state index >= 15 is 0 Å². The standard InChI is InChI=1S/C22H20N6O9S3.Na.H/c23-22-24-12(9-40-22)15(26-37-6-14(31)32)18(33)25-16-19(34)28-17(21(35)36)10(8-39-20(16)28)7-38-11-1-3-27(4-2-11)5-13(29)30;;/h1-4,9,16,20H,5-8H2,(H5-,23,24,25,29,30,31,32,33,35,36);;/p+1/b26-15-;;/t16-,20-;;/m1../s1. The molecule has 19 heteroatoms. The number of carbonyl (C=O) groups excluding carboxylic acids is 2. The van der Waals surface area contributed by atoms with Crippen LogP contribution in [0.5, 0.6) is 0 Å². The van der Waals surface area contributed by atoms with Gasteiger partial charge in [0.25, 0.3) is 11.8 Å². The number of thiazole rings is 1. The number of anilines is 1. The molecule has 2 atom stereocenters. The van der Waals surface area contributed by atoms with Crippen molar-refractivity contribution in [1.29, 1.82) is 0 Å². The molecule has 15 nitrogen and oxygen atoms in total. The molecule has 0 aromatic carbocycles. The van der Waals surface area contributed by atoms with Gasteiger partial charge in [-0.1, -0.05) is 5.16 Å². The second-order valence-corrected chi connectivity index (χ2v) is 11.2. The van der Waals surface area contributed by atoms with Crippen LogP contribution in [-0.4, -0.2) is 120 Å². The molecule has 212 valence electrons. The van der Waals surface area contributed by atoms with Gasteiger partial charge in [0, 0.05) is 33.9 Å². The molecule has 1 fully saturated rings. The Balaban J connectivity index is 0.00000462. The number of carboxylic acid groups (broad SMARTS) is 3. The molecule has 0 bridgehead atoms. The summed E-state index contributed by atoms with van der Waals surface area (Å²) in [7, 11) is 0. The third kappa shape index (κ3) is 7.77. The maximum absolute atomic E-state index is 13.0. The second kappa shape index (κ2) is 14.1. The van der Waals surface area contributed by atoms with Crippen molar-refractivity contribution in [3.63, 3.8) is 0 Å². The van der Waals surface area contributed by atoms with E-state index in [1.54, 1.807) is 24.5 Å². The summed E-state index contributed by atoms with van der Waals surface area (Å²) >= 11 is 3.63. The van der Waals surface area contributed by atoms with E-state index in [4.69, 9.17) is 20.8 Å². The average molecular weight is 634 g/mol. The Morgan fingerprint density at radius 3 is 2.51 bits per heavy atom. The van der Waals surface area contributed by atoms with Gasteiger partial charge >= 0.3 is 47.5 Å². The van der Waals surface area contributed by atoms with E-state index in [0.29, 0.717) is 5.57 Å². The van der Waals surface area contributed by atoms with Gasteiger partial charge in [0.2, 0.25) is 13.2 Å². The average Bonchev–Trinajstić information content (AvgIpc) is 3.33. The fraction of sp³-hybridized carbons (Fsp3) is 0.273. The van der Waals surface area contributed by atoms with Crippen LogP contribution in [0.4, 0.5) is 5.13 Å². The summed E-state index contributed by atoms with van der Waals surface area (Å²) in [6, 6.07) is 2.35. The molecule has 4 heterocycles. The van der Waals surface area contributed by atoms with Gasteiger partial charge in [-0.15, -0.1) is 34.9 Å². The molecule has 4 rings (SSSR count). The van der Waals surface area contributed by atoms with Crippen molar-refractivity contribution in [2.75, 3.05) is 23.8 Å². The number of pyridine rings is 1. The Morgan fingerprint density at radius 2 is 1.93 bits per heavy atom. The van der Waals surface area contributed by atoms with E-state index in [0.717, 1.165) is 21.1 Å². The molecule has 0 saturated carbocycles. The van der Waals surface area contributed by atoms with Crippen molar-refractivity contribution < 1.29 is 48.7 Å². The Labute approximate surface area is 266 Å². The van der Waals surface area contributed by atoms with Crippen LogP contribution in [0, 0.1) is 0 Å². The van der Waals surface area contributed by atoms with Crippen molar-refractivity contribution in [1.82, 2.24) is 15.2 Å². The van der Waals surface area contributed by atoms with E-state index in [1.807, 2.05) is 0 Å². The number of aromatic nitrogens is 2. The molecule has 1 saturated heterocycles. The number of nitrogens with two attached hydrogens (primary N) is 1. The summed E-state index contributed by atoms with van der Waals surface area (Å²) in [5.41, 5.74) is 5.61. The molecule has 2 aromatic rings. The first-order valence-electron chi connectivity index (χ1n) is 11.2. The van der Waals surface area contributed by atoms with Crippen LogP contribution >= 0.6 is 34.9 Å². The Kier molecular flexibility index (Phi) is 11.2. The van der Waals surface area contributed by atoms with E-state index in [1.165, 1.54) is 33.5 Å². The molecule has 2 amide bonds. The summed E-state index contributed by atoms with van der Waals surface area (Å²) in [6.07, 6.45) is 3.20. The van der Waals surface area contributed by atoms with Crippen LogP contribution in [0.2, 0.25) is 0 Å². The number of β-lactam (4-membered cyclic amide) rings is 1. The van der Waals surface area contributed by atoms with Crippen LogP contribution in [-0.2, 0) is 35.4 Å². The molecule has 41 heavy (non-hydrogen) atoms. The molecular formula is C22H22N6NaO9S3+. The van der Waals surface area contributed by atoms with Crippen molar-refractivity contribution in [3.8, 4) is 0 Å². The van der Waals surface area contributed by atoms with Gasteiger partial charge in [0.15, 0.2) is 23.2 Å². The van der Waals surface area contributed by atoms with Gasteiger partial charge in [0.05, 0.1) is 0 Å².